The lowest BCUT2D eigenvalue weighted by atomic mass is 9.90. The van der Waals surface area contributed by atoms with Crippen LogP contribution < -0.4 is 0 Å². The molecule has 1 fully saturated rings. The van der Waals surface area contributed by atoms with Crippen LogP contribution in [0, 0.1) is 0 Å². The fraction of sp³-hybridized carbons (Fsp3) is 0.733. The molecule has 2 rings (SSSR count). The molecule has 0 atom stereocenters. The molecule has 0 spiro atoms. The summed E-state index contributed by atoms with van der Waals surface area (Å²) in [5.74, 6) is -0.117. The van der Waals surface area contributed by atoms with Crippen LogP contribution >= 0.6 is 0 Å². The first kappa shape index (κ1) is 14.3. The van der Waals surface area contributed by atoms with Crippen molar-refractivity contribution in [3.63, 3.8) is 0 Å². The zero-order valence-corrected chi connectivity index (χ0v) is 11.9. The smallest absolute Gasteiger partial charge is 0.170 e. The van der Waals surface area contributed by atoms with Gasteiger partial charge in [0.05, 0.1) is 18.2 Å². The molecule has 0 unspecified atom stereocenters. The van der Waals surface area contributed by atoms with Gasteiger partial charge in [-0.15, -0.1) is 0 Å². The highest BCUT2D eigenvalue weighted by Crippen LogP contribution is 2.29. The molecule has 0 amide bonds. The predicted octanol–water partition coefficient (Wildman–Crippen LogP) is 2.66. The van der Waals surface area contributed by atoms with Crippen molar-refractivity contribution < 1.29 is 9.90 Å². The Bertz CT molecular complexity index is 429. The Morgan fingerprint density at radius 2 is 2.05 bits per heavy atom. The number of carbonyl (C=O) groups excluding carboxylic acids is 1. The third-order valence-electron chi connectivity index (χ3n) is 4.39. The Labute approximate surface area is 114 Å². The Balaban J connectivity index is 2.01. The highest BCUT2D eigenvalue weighted by atomic mass is 16.3. The van der Waals surface area contributed by atoms with Crippen molar-refractivity contribution in [1.29, 1.82) is 0 Å². The normalized spacial score (nSPS) is 17.0. The van der Waals surface area contributed by atoms with Crippen molar-refractivity contribution in [3.8, 4) is 0 Å². The maximum absolute atomic E-state index is 12.1. The van der Waals surface area contributed by atoms with E-state index in [-0.39, 0.29) is 12.2 Å². The van der Waals surface area contributed by atoms with Crippen molar-refractivity contribution in [2.45, 2.75) is 70.4 Å². The molecule has 4 heteroatoms. The van der Waals surface area contributed by atoms with Crippen LogP contribution in [0.2, 0.25) is 0 Å². The standard InChI is InChI=1S/C15H24N2O2/c1-3-15(19,4-2)14(18)11-12-9-10-17(16-12)13-7-5-6-8-13/h9-10,13,19H,3-8,11H2,1-2H3. The summed E-state index contributed by atoms with van der Waals surface area (Å²) in [6.45, 7) is 3.69. The average molecular weight is 264 g/mol. The second-order valence-electron chi connectivity index (χ2n) is 5.56. The van der Waals surface area contributed by atoms with Crippen molar-refractivity contribution in [1.82, 2.24) is 9.78 Å². The Kier molecular flexibility index (Phi) is 4.40. The summed E-state index contributed by atoms with van der Waals surface area (Å²) in [4.78, 5) is 12.1. The van der Waals surface area contributed by atoms with Crippen LogP contribution in [0.15, 0.2) is 12.3 Å². The minimum Gasteiger partial charge on any atom is -0.382 e. The molecule has 1 aliphatic carbocycles. The number of carbonyl (C=O) groups is 1. The number of hydrogen-bond acceptors (Lipinski definition) is 3. The summed E-state index contributed by atoms with van der Waals surface area (Å²) in [6, 6.07) is 2.40. The fourth-order valence-electron chi connectivity index (χ4n) is 2.82. The number of ketones is 1. The van der Waals surface area contributed by atoms with Crippen molar-refractivity contribution >= 4 is 5.78 Å². The van der Waals surface area contributed by atoms with Gasteiger partial charge in [-0.05, 0) is 31.7 Å². The summed E-state index contributed by atoms with van der Waals surface area (Å²) in [5.41, 5.74) is -0.408. The highest BCUT2D eigenvalue weighted by Gasteiger charge is 2.31. The van der Waals surface area contributed by atoms with Crippen LogP contribution in [0.5, 0.6) is 0 Å². The SMILES string of the molecule is CCC(O)(CC)C(=O)Cc1ccn(C2CCCC2)n1. The minimum absolute atomic E-state index is 0.117. The zero-order chi connectivity index (χ0) is 13.9. The lowest BCUT2D eigenvalue weighted by Crippen LogP contribution is -2.38. The van der Waals surface area contributed by atoms with Crippen LogP contribution in [0.1, 0.15) is 64.1 Å². The molecule has 1 saturated carbocycles. The first-order valence-electron chi connectivity index (χ1n) is 7.38. The Hall–Kier alpha value is -1.16. The maximum Gasteiger partial charge on any atom is 0.170 e. The van der Waals surface area contributed by atoms with E-state index >= 15 is 0 Å². The van der Waals surface area contributed by atoms with Gasteiger partial charge >= 0.3 is 0 Å². The summed E-state index contributed by atoms with van der Waals surface area (Å²) >= 11 is 0. The average Bonchev–Trinajstić information content (AvgIpc) is 3.07. The molecular weight excluding hydrogens is 240 g/mol. The number of nitrogens with zero attached hydrogens (tertiary/aromatic N) is 2. The molecule has 0 bridgehead atoms. The maximum atomic E-state index is 12.1. The monoisotopic (exact) mass is 264 g/mol. The van der Waals surface area contributed by atoms with Crippen molar-refractivity contribution in [3.05, 3.63) is 18.0 Å². The molecule has 1 aliphatic rings. The number of Topliss-reactive ketones (excluding diaryl/α,β-unsaturated/α-hetero) is 1. The second kappa shape index (κ2) is 5.87. The van der Waals surface area contributed by atoms with E-state index in [1.165, 1.54) is 25.7 Å². The zero-order valence-electron chi connectivity index (χ0n) is 11.9. The molecule has 0 aliphatic heterocycles. The third-order valence-corrected chi connectivity index (χ3v) is 4.39. The van der Waals surface area contributed by atoms with Crippen LogP contribution in [-0.2, 0) is 11.2 Å². The largest absolute Gasteiger partial charge is 0.382 e. The summed E-state index contributed by atoms with van der Waals surface area (Å²) in [7, 11) is 0. The Morgan fingerprint density at radius 1 is 1.42 bits per heavy atom. The first-order valence-corrected chi connectivity index (χ1v) is 7.38. The molecule has 0 aromatic carbocycles. The van der Waals surface area contributed by atoms with Crippen LogP contribution in [0.3, 0.4) is 0 Å². The number of aromatic nitrogens is 2. The molecule has 1 heterocycles. The third kappa shape index (κ3) is 3.06. The van der Waals surface area contributed by atoms with E-state index < -0.39 is 5.60 Å². The van der Waals surface area contributed by atoms with Gasteiger partial charge in [-0.3, -0.25) is 9.48 Å². The number of aliphatic hydroxyl groups is 1. The van der Waals surface area contributed by atoms with Crippen LogP contribution in [-0.4, -0.2) is 26.3 Å². The van der Waals surface area contributed by atoms with Gasteiger partial charge in [0, 0.05) is 6.20 Å². The summed E-state index contributed by atoms with van der Waals surface area (Å²) in [6.07, 6.45) is 8.03. The molecular formula is C15H24N2O2. The fourth-order valence-corrected chi connectivity index (χ4v) is 2.82. The van der Waals surface area contributed by atoms with E-state index in [0.717, 1.165) is 5.69 Å². The van der Waals surface area contributed by atoms with E-state index in [0.29, 0.717) is 18.9 Å². The van der Waals surface area contributed by atoms with Gasteiger partial charge in [-0.2, -0.15) is 5.10 Å². The minimum atomic E-state index is -1.18. The predicted molar refractivity (Wildman–Crippen MR) is 74.0 cm³/mol. The van der Waals surface area contributed by atoms with E-state index in [2.05, 4.69) is 5.10 Å². The van der Waals surface area contributed by atoms with Crippen LogP contribution in [0.4, 0.5) is 0 Å². The van der Waals surface area contributed by atoms with Crippen molar-refractivity contribution in [2.24, 2.45) is 0 Å². The van der Waals surface area contributed by atoms with Gasteiger partial charge in [0.25, 0.3) is 0 Å². The molecule has 1 aromatic heterocycles. The van der Waals surface area contributed by atoms with Gasteiger partial charge in [0.15, 0.2) is 5.78 Å². The highest BCUT2D eigenvalue weighted by molar-refractivity contribution is 5.88. The lowest BCUT2D eigenvalue weighted by Gasteiger charge is -2.22. The number of rotatable bonds is 6. The topological polar surface area (TPSA) is 55.1 Å². The summed E-state index contributed by atoms with van der Waals surface area (Å²) < 4.78 is 1.99. The quantitative estimate of drug-likeness (QED) is 0.859. The summed E-state index contributed by atoms with van der Waals surface area (Å²) in [5, 5.41) is 14.7. The van der Waals surface area contributed by atoms with Crippen molar-refractivity contribution in [2.75, 3.05) is 0 Å². The van der Waals surface area contributed by atoms with E-state index in [1.807, 2.05) is 30.8 Å². The molecule has 106 valence electrons. The molecule has 1 N–H and O–H groups in total. The van der Waals surface area contributed by atoms with Gasteiger partial charge in [-0.1, -0.05) is 26.7 Å². The van der Waals surface area contributed by atoms with E-state index in [1.54, 1.807) is 0 Å². The number of hydrogen-bond donors (Lipinski definition) is 1. The lowest BCUT2D eigenvalue weighted by molar-refractivity contribution is -0.137. The van der Waals surface area contributed by atoms with Gasteiger partial charge in [0.1, 0.15) is 5.60 Å². The van der Waals surface area contributed by atoms with Gasteiger partial charge in [0.2, 0.25) is 0 Å². The molecule has 0 radical (unpaired) electrons. The Morgan fingerprint density at radius 3 is 2.63 bits per heavy atom. The first-order chi connectivity index (χ1) is 9.09. The van der Waals surface area contributed by atoms with E-state index in [4.69, 9.17) is 0 Å². The van der Waals surface area contributed by atoms with E-state index in [9.17, 15) is 9.90 Å². The second-order valence-corrected chi connectivity index (χ2v) is 5.56. The molecule has 0 saturated heterocycles. The van der Waals surface area contributed by atoms with Gasteiger partial charge in [-0.25, -0.2) is 0 Å². The van der Waals surface area contributed by atoms with Crippen LogP contribution in [0.25, 0.3) is 0 Å². The molecule has 19 heavy (non-hydrogen) atoms. The van der Waals surface area contributed by atoms with Gasteiger partial charge < -0.3 is 5.11 Å². The molecule has 4 nitrogen and oxygen atoms in total. The molecule has 1 aromatic rings.